The van der Waals surface area contributed by atoms with Crippen LogP contribution in [0.4, 0.5) is 0 Å². The van der Waals surface area contributed by atoms with Gasteiger partial charge in [0.15, 0.2) is 0 Å². The van der Waals surface area contributed by atoms with Crippen LogP contribution < -0.4 is 4.74 Å². The second kappa shape index (κ2) is 5.38. The molecule has 0 bridgehead atoms. The Kier molecular flexibility index (Phi) is 4.37. The minimum atomic E-state index is -0.760. The summed E-state index contributed by atoms with van der Waals surface area (Å²) in [6, 6.07) is 7.26. The molecule has 5 heteroatoms. The largest absolute Gasteiger partial charge is 0.497 e. The highest BCUT2D eigenvalue weighted by Gasteiger charge is 2.34. The van der Waals surface area contributed by atoms with Crippen LogP contribution in [0, 0.1) is 0 Å². The highest BCUT2D eigenvalue weighted by atomic mass is 35.5. The number of benzene rings is 1. The average molecular weight is 258 g/mol. The number of carbonyl (C=O) groups is 1. The van der Waals surface area contributed by atoms with Crippen LogP contribution in [-0.2, 0) is 15.0 Å². The van der Waals surface area contributed by atoms with Crippen LogP contribution in [0.15, 0.2) is 24.3 Å². The Morgan fingerprint density at radius 3 is 2.18 bits per heavy atom. The minimum absolute atomic E-state index is 0.327. The Morgan fingerprint density at radius 2 is 1.76 bits per heavy atom. The number of ether oxygens (including phenoxy) is 1. The van der Waals surface area contributed by atoms with Gasteiger partial charge >= 0.3 is 0 Å². The lowest BCUT2D eigenvalue weighted by atomic mass is 9.84. The summed E-state index contributed by atoms with van der Waals surface area (Å²) >= 11 is 5.65. The molecule has 0 radical (unpaired) electrons. The van der Waals surface area contributed by atoms with Crippen molar-refractivity contribution in [2.24, 2.45) is 0 Å². The van der Waals surface area contributed by atoms with Crippen LogP contribution in [-0.4, -0.2) is 24.7 Å². The maximum atomic E-state index is 12.0. The summed E-state index contributed by atoms with van der Waals surface area (Å²) in [5.74, 6) is 0.415. The highest BCUT2D eigenvalue weighted by Crippen LogP contribution is 2.28. The van der Waals surface area contributed by atoms with E-state index in [4.69, 9.17) is 16.5 Å². The highest BCUT2D eigenvalue weighted by molar-refractivity contribution is 6.21. The van der Waals surface area contributed by atoms with Gasteiger partial charge in [-0.3, -0.25) is 9.63 Å². The summed E-state index contributed by atoms with van der Waals surface area (Å²) in [6.45, 7) is 3.57. The van der Waals surface area contributed by atoms with Crippen LogP contribution >= 0.6 is 11.8 Å². The molecule has 0 saturated heterocycles. The molecule has 0 spiro atoms. The van der Waals surface area contributed by atoms with Gasteiger partial charge in [-0.1, -0.05) is 12.1 Å². The molecule has 0 N–H and O–H groups in total. The molecule has 94 valence electrons. The Bertz CT molecular complexity index is 389. The van der Waals surface area contributed by atoms with Crippen LogP contribution in [0.1, 0.15) is 19.4 Å². The van der Waals surface area contributed by atoms with Gasteiger partial charge in [-0.05, 0) is 31.5 Å². The predicted molar refractivity (Wildman–Crippen MR) is 65.7 cm³/mol. The first-order chi connectivity index (χ1) is 7.93. The van der Waals surface area contributed by atoms with Gasteiger partial charge in [0.2, 0.25) is 0 Å². The van der Waals surface area contributed by atoms with Crippen molar-refractivity contribution in [1.82, 2.24) is 4.58 Å². The topological polar surface area (TPSA) is 38.8 Å². The normalized spacial score (nSPS) is 11.1. The third-order valence-electron chi connectivity index (χ3n) is 2.67. The van der Waals surface area contributed by atoms with Crippen LogP contribution in [0.5, 0.6) is 5.75 Å². The molecule has 4 nitrogen and oxygen atoms in total. The minimum Gasteiger partial charge on any atom is -0.497 e. The molecule has 0 aliphatic carbocycles. The number of carbonyl (C=O) groups excluding carboxylic acids is 1. The number of hydroxylamine groups is 1. The molecule has 0 heterocycles. The summed E-state index contributed by atoms with van der Waals surface area (Å²) in [4.78, 5) is 16.7. The molecule has 1 aromatic carbocycles. The summed E-state index contributed by atoms with van der Waals surface area (Å²) in [7, 11) is 2.94. The second-order valence-electron chi connectivity index (χ2n) is 4.09. The van der Waals surface area contributed by atoms with E-state index in [1.165, 1.54) is 7.11 Å². The molecule has 0 saturated carbocycles. The Morgan fingerprint density at radius 1 is 1.24 bits per heavy atom. The van der Waals surface area contributed by atoms with Gasteiger partial charge in [-0.15, -0.1) is 4.58 Å². The summed E-state index contributed by atoms with van der Waals surface area (Å²) in [6.07, 6.45) is 0. The van der Waals surface area contributed by atoms with Gasteiger partial charge in [0.05, 0.1) is 19.6 Å². The van der Waals surface area contributed by atoms with E-state index in [1.54, 1.807) is 33.1 Å². The van der Waals surface area contributed by atoms with Crippen LogP contribution in [0.25, 0.3) is 0 Å². The Labute approximate surface area is 106 Å². The van der Waals surface area contributed by atoms with Gasteiger partial charge in [0.1, 0.15) is 5.75 Å². The quantitative estimate of drug-likeness (QED) is 0.615. The van der Waals surface area contributed by atoms with Gasteiger partial charge in [-0.2, -0.15) is 0 Å². The fraction of sp³-hybridized carbons (Fsp3) is 0.417. The summed E-state index contributed by atoms with van der Waals surface area (Å²) in [5.41, 5.74) is 0.0790. The monoisotopic (exact) mass is 257 g/mol. The first-order valence-corrected chi connectivity index (χ1v) is 5.46. The number of methoxy groups -OCH3 is 1. The molecular formula is C12H16ClNO3. The van der Waals surface area contributed by atoms with Gasteiger partial charge in [0.25, 0.3) is 5.91 Å². The molecule has 1 aromatic rings. The number of halogens is 1. The standard InChI is InChI=1S/C12H16ClNO3/c1-12(2,11(15)14(13)17-4)9-5-7-10(16-3)8-6-9/h5-8H,1-4H3. The van der Waals surface area contributed by atoms with E-state index >= 15 is 0 Å². The number of hydrogen-bond donors (Lipinski definition) is 0. The number of hydrogen-bond acceptors (Lipinski definition) is 3. The van der Waals surface area contributed by atoms with Crippen molar-refractivity contribution >= 4 is 17.7 Å². The molecule has 0 atom stereocenters. The van der Waals surface area contributed by atoms with E-state index in [-0.39, 0.29) is 5.91 Å². The molecule has 17 heavy (non-hydrogen) atoms. The lowest BCUT2D eigenvalue weighted by molar-refractivity contribution is -0.157. The van der Waals surface area contributed by atoms with E-state index in [1.807, 2.05) is 12.1 Å². The van der Waals surface area contributed by atoms with Crippen molar-refractivity contribution < 1.29 is 14.4 Å². The first kappa shape index (κ1) is 13.8. The first-order valence-electron chi connectivity index (χ1n) is 5.12. The van der Waals surface area contributed by atoms with Crippen molar-refractivity contribution in [3.05, 3.63) is 29.8 Å². The van der Waals surface area contributed by atoms with Crippen molar-refractivity contribution in [2.75, 3.05) is 14.2 Å². The zero-order valence-corrected chi connectivity index (χ0v) is 11.1. The average Bonchev–Trinajstić information content (AvgIpc) is 2.36. The van der Waals surface area contributed by atoms with Crippen molar-refractivity contribution in [1.29, 1.82) is 0 Å². The third-order valence-corrected chi connectivity index (χ3v) is 2.96. The van der Waals surface area contributed by atoms with E-state index in [0.29, 0.717) is 4.58 Å². The van der Waals surface area contributed by atoms with Gasteiger partial charge in [-0.25, -0.2) is 0 Å². The maximum Gasteiger partial charge on any atom is 0.271 e. The molecule has 1 rings (SSSR count). The lowest BCUT2D eigenvalue weighted by Crippen LogP contribution is -2.38. The van der Waals surface area contributed by atoms with Crippen molar-refractivity contribution in [3.8, 4) is 5.75 Å². The Balaban J connectivity index is 2.99. The van der Waals surface area contributed by atoms with E-state index < -0.39 is 5.41 Å². The van der Waals surface area contributed by atoms with Gasteiger partial charge in [0, 0.05) is 11.8 Å². The van der Waals surface area contributed by atoms with E-state index in [2.05, 4.69) is 4.84 Å². The SMILES string of the molecule is COc1ccc(C(C)(C)C(=O)N(Cl)OC)cc1. The molecule has 1 amide bonds. The maximum absolute atomic E-state index is 12.0. The van der Waals surface area contributed by atoms with Crippen LogP contribution in [0.3, 0.4) is 0 Å². The van der Waals surface area contributed by atoms with Crippen molar-refractivity contribution in [3.63, 3.8) is 0 Å². The molecule has 0 aliphatic heterocycles. The molecular weight excluding hydrogens is 242 g/mol. The predicted octanol–water partition coefficient (Wildman–Crippen LogP) is 2.52. The lowest BCUT2D eigenvalue weighted by Gasteiger charge is -2.26. The smallest absolute Gasteiger partial charge is 0.271 e. The Hall–Kier alpha value is -1.26. The third kappa shape index (κ3) is 2.90. The fourth-order valence-electron chi connectivity index (χ4n) is 1.43. The van der Waals surface area contributed by atoms with E-state index in [9.17, 15) is 4.79 Å². The fourth-order valence-corrected chi connectivity index (χ4v) is 1.65. The second-order valence-corrected chi connectivity index (χ2v) is 4.39. The zero-order chi connectivity index (χ0) is 13.1. The number of nitrogens with zero attached hydrogens (tertiary/aromatic N) is 1. The molecule has 0 aliphatic rings. The zero-order valence-electron chi connectivity index (χ0n) is 10.4. The van der Waals surface area contributed by atoms with Crippen LogP contribution in [0.2, 0.25) is 0 Å². The number of amides is 1. The number of rotatable bonds is 4. The summed E-state index contributed by atoms with van der Waals surface area (Å²) in [5, 5.41) is 0. The molecule has 0 unspecified atom stereocenters. The van der Waals surface area contributed by atoms with Crippen molar-refractivity contribution in [2.45, 2.75) is 19.3 Å². The van der Waals surface area contributed by atoms with Gasteiger partial charge < -0.3 is 4.74 Å². The molecule has 0 fully saturated rings. The molecule has 0 aromatic heterocycles. The summed E-state index contributed by atoms with van der Waals surface area (Å²) < 4.78 is 5.78. The van der Waals surface area contributed by atoms with E-state index in [0.717, 1.165) is 11.3 Å².